The van der Waals surface area contributed by atoms with E-state index >= 15 is 0 Å². The first-order valence-corrected chi connectivity index (χ1v) is 9.06. The minimum absolute atomic E-state index is 0.199. The summed E-state index contributed by atoms with van der Waals surface area (Å²) in [6, 6.07) is 7.32. The van der Waals surface area contributed by atoms with Crippen LogP contribution in [0, 0.1) is 0 Å². The molecule has 0 aromatic carbocycles. The number of rotatable bonds is 5. The third-order valence-corrected chi connectivity index (χ3v) is 4.43. The van der Waals surface area contributed by atoms with Crippen LogP contribution in [0.2, 0.25) is 0 Å². The van der Waals surface area contributed by atoms with Crippen LogP contribution in [0.3, 0.4) is 0 Å². The molecular formula is C19H20N8O. The molecule has 0 spiro atoms. The van der Waals surface area contributed by atoms with Crippen molar-refractivity contribution in [1.82, 2.24) is 34.3 Å². The number of nitrogens with zero attached hydrogens (tertiary/aromatic N) is 7. The van der Waals surface area contributed by atoms with Crippen molar-refractivity contribution in [3.63, 3.8) is 0 Å². The quantitative estimate of drug-likeness (QED) is 0.574. The van der Waals surface area contributed by atoms with Crippen LogP contribution in [-0.4, -0.2) is 40.2 Å². The normalized spacial score (nSPS) is 11.3. The Morgan fingerprint density at radius 3 is 2.86 bits per heavy atom. The highest BCUT2D eigenvalue weighted by Gasteiger charge is 2.14. The molecule has 0 saturated carbocycles. The van der Waals surface area contributed by atoms with Crippen LogP contribution in [0.15, 0.2) is 43.1 Å². The number of hydrogen-bond donors (Lipinski definition) is 1. The molecule has 9 nitrogen and oxygen atoms in total. The molecular weight excluding hydrogens is 356 g/mol. The monoisotopic (exact) mass is 376 g/mol. The molecule has 0 aliphatic rings. The van der Waals surface area contributed by atoms with Gasteiger partial charge in [-0.1, -0.05) is 6.07 Å². The lowest BCUT2D eigenvalue weighted by Crippen LogP contribution is -2.15. The largest absolute Gasteiger partial charge is 0.331 e. The number of fused-ring (bicyclic) bond motifs is 1. The number of carbonyl (C=O) groups excluding carboxylic acids is 1. The van der Waals surface area contributed by atoms with Crippen molar-refractivity contribution in [2.24, 2.45) is 0 Å². The van der Waals surface area contributed by atoms with E-state index in [9.17, 15) is 4.79 Å². The van der Waals surface area contributed by atoms with Gasteiger partial charge in [0, 0.05) is 12.6 Å². The molecule has 0 fully saturated rings. The van der Waals surface area contributed by atoms with Gasteiger partial charge in [-0.25, -0.2) is 15.0 Å². The maximum atomic E-state index is 12.7. The molecule has 4 aromatic rings. The van der Waals surface area contributed by atoms with Gasteiger partial charge in [0.05, 0.1) is 18.0 Å². The lowest BCUT2D eigenvalue weighted by atomic mass is 10.3. The van der Waals surface area contributed by atoms with Gasteiger partial charge in [0.1, 0.15) is 29.0 Å². The van der Waals surface area contributed by atoms with Crippen LogP contribution in [0.5, 0.6) is 0 Å². The highest BCUT2D eigenvalue weighted by Crippen LogP contribution is 2.20. The third kappa shape index (κ3) is 3.22. The molecule has 9 heteroatoms. The fraction of sp³-hybridized carbons (Fsp3) is 0.263. The van der Waals surface area contributed by atoms with Crippen LogP contribution >= 0.6 is 0 Å². The summed E-state index contributed by atoms with van der Waals surface area (Å²) in [5, 5.41) is 10.9. The van der Waals surface area contributed by atoms with E-state index in [1.807, 2.05) is 42.0 Å². The lowest BCUT2D eigenvalue weighted by molar-refractivity contribution is 0.102. The van der Waals surface area contributed by atoms with Gasteiger partial charge in [-0.2, -0.15) is 0 Å². The number of nitrogens with one attached hydrogen (secondary N) is 1. The molecule has 4 rings (SSSR count). The van der Waals surface area contributed by atoms with Crippen LogP contribution in [0.4, 0.5) is 5.82 Å². The number of pyridine rings is 2. The fourth-order valence-electron chi connectivity index (χ4n) is 2.95. The highest BCUT2D eigenvalue weighted by atomic mass is 16.1. The Labute approximate surface area is 161 Å². The van der Waals surface area contributed by atoms with Crippen molar-refractivity contribution in [3.8, 4) is 11.5 Å². The first-order valence-electron chi connectivity index (χ1n) is 9.06. The molecule has 4 heterocycles. The number of carbonyl (C=O) groups is 1. The van der Waals surface area contributed by atoms with E-state index in [0.29, 0.717) is 23.0 Å². The second-order valence-electron chi connectivity index (χ2n) is 6.61. The zero-order valence-electron chi connectivity index (χ0n) is 15.9. The van der Waals surface area contributed by atoms with Gasteiger partial charge in [-0.05, 0) is 39.0 Å². The van der Waals surface area contributed by atoms with Crippen molar-refractivity contribution in [2.45, 2.75) is 33.4 Å². The molecule has 0 atom stereocenters. The number of amides is 1. The summed E-state index contributed by atoms with van der Waals surface area (Å²) < 4.78 is 3.89. The summed E-state index contributed by atoms with van der Waals surface area (Å²) in [5.74, 6) is 0.741. The highest BCUT2D eigenvalue weighted by molar-refractivity contribution is 6.03. The Hall–Kier alpha value is -3.62. The summed E-state index contributed by atoms with van der Waals surface area (Å²) in [7, 11) is 0. The molecule has 1 N–H and O–H groups in total. The second kappa shape index (κ2) is 7.18. The molecule has 1 amide bonds. The third-order valence-electron chi connectivity index (χ3n) is 4.43. The molecule has 142 valence electrons. The topological polar surface area (TPSA) is 103 Å². The van der Waals surface area contributed by atoms with E-state index in [1.165, 1.54) is 0 Å². The number of aromatic nitrogens is 7. The fourth-order valence-corrected chi connectivity index (χ4v) is 2.95. The van der Waals surface area contributed by atoms with Crippen molar-refractivity contribution in [2.75, 3.05) is 5.32 Å². The standard InChI is InChI=1S/C19H20N8O/c1-4-26-10-21-15-9-20-14(8-16(15)26)19(28)24-17-7-5-6-13(23-17)18-25-22-11-27(18)12(2)3/h5-12H,4H2,1-3H3,(H,23,24,28). The zero-order valence-corrected chi connectivity index (χ0v) is 15.9. The van der Waals surface area contributed by atoms with Gasteiger partial charge in [0.2, 0.25) is 0 Å². The molecule has 0 aliphatic heterocycles. The summed E-state index contributed by atoms with van der Waals surface area (Å²) >= 11 is 0. The van der Waals surface area contributed by atoms with Gasteiger partial charge < -0.3 is 14.5 Å². The molecule has 28 heavy (non-hydrogen) atoms. The van der Waals surface area contributed by atoms with Crippen LogP contribution in [0.25, 0.3) is 22.6 Å². The molecule has 0 aliphatic carbocycles. The van der Waals surface area contributed by atoms with Crippen LogP contribution < -0.4 is 5.32 Å². The van der Waals surface area contributed by atoms with Crippen molar-refractivity contribution in [1.29, 1.82) is 0 Å². The maximum Gasteiger partial charge on any atom is 0.275 e. The Kier molecular flexibility index (Phi) is 4.56. The van der Waals surface area contributed by atoms with E-state index in [0.717, 1.165) is 17.6 Å². The molecule has 0 radical (unpaired) electrons. The minimum atomic E-state index is -0.333. The Bertz CT molecular complexity index is 1140. The van der Waals surface area contributed by atoms with Gasteiger partial charge >= 0.3 is 0 Å². The predicted molar refractivity (Wildman–Crippen MR) is 105 cm³/mol. The van der Waals surface area contributed by atoms with Gasteiger partial charge in [0.25, 0.3) is 5.91 Å². The van der Waals surface area contributed by atoms with Crippen molar-refractivity contribution >= 4 is 22.8 Å². The lowest BCUT2D eigenvalue weighted by Gasteiger charge is -2.10. The first-order chi connectivity index (χ1) is 13.6. The number of imidazole rings is 1. The second-order valence-corrected chi connectivity index (χ2v) is 6.61. The average molecular weight is 376 g/mol. The number of aryl methyl sites for hydroxylation is 1. The van der Waals surface area contributed by atoms with Crippen LogP contribution in [0.1, 0.15) is 37.3 Å². The van der Waals surface area contributed by atoms with E-state index in [1.54, 1.807) is 31.0 Å². The molecule has 0 saturated heterocycles. The zero-order chi connectivity index (χ0) is 19.7. The molecule has 0 bridgehead atoms. The maximum absolute atomic E-state index is 12.7. The SMILES string of the molecule is CCn1cnc2cnc(C(=O)Nc3cccc(-c4nncn4C(C)C)n3)cc21. The minimum Gasteiger partial charge on any atom is -0.331 e. The summed E-state index contributed by atoms with van der Waals surface area (Å²) in [5.41, 5.74) is 2.57. The van der Waals surface area contributed by atoms with E-state index in [2.05, 4.69) is 30.5 Å². The van der Waals surface area contributed by atoms with E-state index in [4.69, 9.17) is 0 Å². The Balaban J connectivity index is 1.61. The summed E-state index contributed by atoms with van der Waals surface area (Å²) in [4.78, 5) is 25.7. The van der Waals surface area contributed by atoms with Gasteiger partial charge in [-0.3, -0.25) is 4.79 Å². The Morgan fingerprint density at radius 2 is 2.07 bits per heavy atom. The Morgan fingerprint density at radius 1 is 1.21 bits per heavy atom. The number of anilines is 1. The summed E-state index contributed by atoms with van der Waals surface area (Å²) in [6.45, 7) is 6.87. The van der Waals surface area contributed by atoms with E-state index in [-0.39, 0.29) is 11.9 Å². The van der Waals surface area contributed by atoms with Crippen molar-refractivity contribution < 1.29 is 4.79 Å². The van der Waals surface area contributed by atoms with Crippen LogP contribution in [-0.2, 0) is 6.54 Å². The summed E-state index contributed by atoms with van der Waals surface area (Å²) in [6.07, 6.45) is 5.01. The smallest absolute Gasteiger partial charge is 0.275 e. The van der Waals surface area contributed by atoms with Gasteiger partial charge in [-0.15, -0.1) is 10.2 Å². The van der Waals surface area contributed by atoms with Crippen molar-refractivity contribution in [3.05, 3.63) is 48.8 Å². The predicted octanol–water partition coefficient (Wildman–Crippen LogP) is 2.94. The first kappa shape index (κ1) is 17.8. The molecule has 0 unspecified atom stereocenters. The average Bonchev–Trinajstić information content (AvgIpc) is 3.34. The molecule has 4 aromatic heterocycles. The van der Waals surface area contributed by atoms with Gasteiger partial charge in [0.15, 0.2) is 5.82 Å². The number of hydrogen-bond acceptors (Lipinski definition) is 6. The van der Waals surface area contributed by atoms with E-state index < -0.39 is 0 Å².